The summed E-state index contributed by atoms with van der Waals surface area (Å²) in [5.41, 5.74) is 16.6. The molecular formula is C77H101Br5N8O6S8. The van der Waals surface area contributed by atoms with Crippen LogP contribution in [0.1, 0.15) is 171 Å². The number of aromatic nitrogens is 5. The molecule has 0 radical (unpaired) electrons. The van der Waals surface area contributed by atoms with Crippen molar-refractivity contribution in [2.45, 2.75) is 183 Å². The van der Waals surface area contributed by atoms with Crippen LogP contribution in [-0.2, 0) is 74.4 Å². The molecular weight excluding hydrogens is 1790 g/mol. The van der Waals surface area contributed by atoms with Gasteiger partial charge in [0, 0.05) is 76.0 Å². The molecule has 12 rings (SSSR count). The van der Waals surface area contributed by atoms with Crippen LogP contribution >= 0.6 is 90.7 Å². The Kier molecular flexibility index (Phi) is 47.3. The SMILES string of the molecule is CCCCCc1sc[n+](CC(=O)c2sc3ccccc3c2C)c1CCCCC.CCc1sc[n+](CC(=O)N2CCCC2)c1CC.Cc1c(CCCCCCO)sc[n+]1CC(=O)c1cccs1.O=C(C[n+]1ccsc1)N1CCN(c2ccccc2)CC1.O=C(C[n+]1ccsc1)c1cccs1.[Br-].[Br-].[Br-].[Br-].[Br-]. The standard InChI is InChI=1S/C24H32NOS2.C16H22NO2S2.C15H18N3OS.C13H21N2OS.C9H8NOS2.5BrH/c1-4-6-8-13-20-23(15-9-7-5-2)27-17-25(20)16-21(26)24-18(3)19-12-10-11-14-22(19)28-24;1-13-15(7-4-2-3-5-9-18)21-12-17(13)11-14(19)16-8-6-10-20-16;19-15(12-16-10-11-20-13-16)18-8-6-17(7-9-18)14-4-2-1-3-5-14;1-3-11-12(4-2)17-10-15(11)9-13(16)14-7-5-6-8-14;11-8(9-2-1-4-13-9)6-10-3-5-12-7-10;;;;;/h10-12,14,17H,4-9,13,15-16H2,1-3H3;6,8,10,12,18H,2-5,7,9,11H2,1H3;1-5,10-11,13H,6-9,12H2;10H,3-9H2,1-2H3;1-5,7H,6H2;5*1H/q5*+1;;;;;/p-5. The molecule has 0 atom stereocenters. The fourth-order valence-corrected chi connectivity index (χ4v) is 18.8. The lowest BCUT2D eigenvalue weighted by Crippen LogP contribution is -3.00. The number of unbranched alkanes of at least 4 members (excludes halogenated alkanes) is 7. The number of ketones is 3. The van der Waals surface area contributed by atoms with Crippen LogP contribution in [0, 0.1) is 13.8 Å². The smallest absolute Gasteiger partial charge is 0.288 e. The van der Waals surface area contributed by atoms with Crippen LogP contribution in [0.4, 0.5) is 5.69 Å². The highest BCUT2D eigenvalue weighted by molar-refractivity contribution is 7.21. The molecule has 0 saturated carbocycles. The van der Waals surface area contributed by atoms with Gasteiger partial charge in [-0.3, -0.25) is 24.0 Å². The van der Waals surface area contributed by atoms with Gasteiger partial charge in [0.05, 0.1) is 40.0 Å². The van der Waals surface area contributed by atoms with Crippen LogP contribution < -0.4 is 113 Å². The first-order chi connectivity index (χ1) is 48.3. The van der Waals surface area contributed by atoms with Crippen molar-refractivity contribution in [3.05, 3.63) is 192 Å². The van der Waals surface area contributed by atoms with Crippen molar-refractivity contribution in [1.29, 1.82) is 0 Å². The number of rotatable bonds is 30. The molecule has 2 saturated heterocycles. The number of amides is 2. The Labute approximate surface area is 701 Å². The monoisotopic (exact) mass is 1880 g/mol. The number of carbonyl (C=O) groups is 5. The van der Waals surface area contributed by atoms with E-state index in [2.05, 4.69) is 125 Å². The maximum absolute atomic E-state index is 13.2. The molecule has 8 aromatic heterocycles. The molecule has 0 unspecified atom stereocenters. The van der Waals surface area contributed by atoms with Gasteiger partial charge < -0.3 is 105 Å². The summed E-state index contributed by atoms with van der Waals surface area (Å²) >= 11 is 13.2. The minimum absolute atomic E-state index is 0. The summed E-state index contributed by atoms with van der Waals surface area (Å²) in [6.45, 7) is 21.0. The minimum atomic E-state index is 0. The summed E-state index contributed by atoms with van der Waals surface area (Å²) in [5.74, 6) is 1.10. The Morgan fingerprint density at radius 3 is 1.55 bits per heavy atom. The number of aliphatic hydroxyl groups excluding tert-OH is 1. The third-order valence-corrected chi connectivity index (χ3v) is 25.5. The van der Waals surface area contributed by atoms with Gasteiger partial charge in [-0.05, 0) is 117 Å². The van der Waals surface area contributed by atoms with Crippen LogP contribution in [0.2, 0.25) is 0 Å². The van der Waals surface area contributed by atoms with Crippen LogP contribution in [0.25, 0.3) is 10.1 Å². The Morgan fingerprint density at radius 2 is 0.971 bits per heavy atom. The molecule has 0 spiro atoms. The van der Waals surface area contributed by atoms with Crippen LogP contribution in [0.15, 0.2) is 140 Å². The van der Waals surface area contributed by atoms with Crippen molar-refractivity contribution in [3.63, 3.8) is 0 Å². The molecule has 1 N–H and O–H groups in total. The van der Waals surface area contributed by atoms with Gasteiger partial charge in [-0.25, -0.2) is 0 Å². The highest BCUT2D eigenvalue weighted by Crippen LogP contribution is 2.31. The summed E-state index contributed by atoms with van der Waals surface area (Å²) in [7, 11) is 0. The normalized spacial score (nSPS) is 12.0. The van der Waals surface area contributed by atoms with E-state index in [0.29, 0.717) is 39.3 Å². The number of carbonyl (C=O) groups excluding carboxylic acids is 5. The molecule has 27 heteroatoms. The van der Waals surface area contributed by atoms with Gasteiger partial charge in [0.25, 0.3) is 11.8 Å². The quantitative estimate of drug-likeness (QED) is 0.0394. The molecule has 0 bridgehead atoms. The van der Waals surface area contributed by atoms with E-state index in [0.717, 1.165) is 117 Å². The first-order valence-electron chi connectivity index (χ1n) is 35.2. The van der Waals surface area contributed by atoms with Crippen LogP contribution in [0.5, 0.6) is 0 Å². The molecule has 104 heavy (non-hydrogen) atoms. The predicted octanol–water partition coefficient (Wildman–Crippen LogP) is 0.458. The number of fused-ring (bicyclic) bond motifs is 1. The topological polar surface area (TPSA) is 135 Å². The lowest BCUT2D eigenvalue weighted by atomic mass is 10.1. The van der Waals surface area contributed by atoms with E-state index in [4.69, 9.17) is 5.11 Å². The minimum Gasteiger partial charge on any atom is -1.00 e. The van der Waals surface area contributed by atoms with Crippen molar-refractivity contribution in [2.75, 3.05) is 50.8 Å². The zero-order chi connectivity index (χ0) is 70.1. The average Bonchev–Trinajstić information content (AvgIpc) is 1.64. The largest absolute Gasteiger partial charge is 1.00 e. The first-order valence-corrected chi connectivity index (χ1v) is 42.3. The fourth-order valence-electron chi connectivity index (χ4n) is 12.0. The zero-order valence-corrected chi connectivity index (χ0v) is 75.0. The van der Waals surface area contributed by atoms with Crippen molar-refractivity contribution in [2.24, 2.45) is 0 Å². The lowest BCUT2D eigenvalue weighted by Gasteiger charge is -2.35. The van der Waals surface area contributed by atoms with Crippen molar-refractivity contribution in [3.8, 4) is 0 Å². The van der Waals surface area contributed by atoms with Gasteiger partial charge in [0.2, 0.25) is 77.6 Å². The number of hydrogen-bond acceptors (Lipinski definition) is 15. The second-order valence-corrected chi connectivity index (χ2v) is 32.1. The summed E-state index contributed by atoms with van der Waals surface area (Å²) in [5, 5.41) is 17.8. The summed E-state index contributed by atoms with van der Waals surface area (Å²) < 4.78 is 11.5. The van der Waals surface area contributed by atoms with Crippen LogP contribution in [0.3, 0.4) is 0 Å². The number of benzene rings is 2. The number of piperazine rings is 1. The number of para-hydroxylation sites is 1. The van der Waals surface area contributed by atoms with E-state index in [1.807, 2.05) is 106 Å². The third-order valence-electron chi connectivity index (χ3n) is 17.7. The van der Waals surface area contributed by atoms with Gasteiger partial charge in [-0.15, -0.1) is 34.0 Å². The second kappa shape index (κ2) is 52.2. The molecule has 0 aliphatic carbocycles. The molecule has 10 heterocycles. The number of thiophene rings is 3. The lowest BCUT2D eigenvalue weighted by molar-refractivity contribution is -0.687. The number of Topliss-reactive ketones (excluding diaryl/α,β-unsaturated/α-hetero) is 3. The number of halogens is 5. The number of thiazole rings is 5. The Bertz CT molecular complexity index is 4000. The summed E-state index contributed by atoms with van der Waals surface area (Å²) in [6, 6.07) is 26.3. The van der Waals surface area contributed by atoms with Gasteiger partial charge in [-0.1, -0.05) is 171 Å². The molecule has 568 valence electrons. The summed E-state index contributed by atoms with van der Waals surface area (Å²) in [4.78, 5) is 74.3. The first kappa shape index (κ1) is 94.3. The number of nitrogens with zero attached hydrogens (tertiary/aromatic N) is 8. The average molecular weight is 1890 g/mol. The van der Waals surface area contributed by atoms with Crippen molar-refractivity contribution >= 4 is 136 Å². The summed E-state index contributed by atoms with van der Waals surface area (Å²) in [6.07, 6.45) is 23.4. The van der Waals surface area contributed by atoms with E-state index < -0.39 is 0 Å². The number of hydrogen-bond donors (Lipinski definition) is 1. The molecule has 2 amide bonds. The molecule has 2 aliphatic heterocycles. The second-order valence-electron chi connectivity index (χ2n) is 24.8. The van der Waals surface area contributed by atoms with E-state index in [1.165, 1.54) is 122 Å². The number of likely N-dealkylation sites (tertiary alicyclic amines) is 1. The van der Waals surface area contributed by atoms with Crippen LogP contribution in [-0.4, -0.2) is 89.9 Å². The van der Waals surface area contributed by atoms with E-state index in [-0.39, 0.29) is 114 Å². The predicted molar refractivity (Wildman–Crippen MR) is 411 cm³/mol. The third kappa shape index (κ3) is 29.8. The van der Waals surface area contributed by atoms with E-state index in [9.17, 15) is 24.0 Å². The maximum atomic E-state index is 13.2. The number of aryl methyl sites for hydroxylation is 4. The highest BCUT2D eigenvalue weighted by Gasteiger charge is 2.28. The van der Waals surface area contributed by atoms with E-state index >= 15 is 0 Å². The van der Waals surface area contributed by atoms with Gasteiger partial charge in [-0.2, -0.15) is 22.8 Å². The molecule has 10 aromatic rings. The molecule has 2 aliphatic rings. The van der Waals surface area contributed by atoms with Crippen molar-refractivity contribution < 1.29 is 137 Å². The zero-order valence-electron chi connectivity index (χ0n) is 60.6. The fraction of sp³-hybridized carbons (Fsp3) is 0.455. The Balaban J connectivity index is 0.000000340. The van der Waals surface area contributed by atoms with Gasteiger partial charge in [0.1, 0.15) is 0 Å². The maximum Gasteiger partial charge on any atom is 0.288 e. The highest BCUT2D eigenvalue weighted by atomic mass is 79.9. The molecule has 2 fully saturated rings. The van der Waals surface area contributed by atoms with E-state index in [1.54, 1.807) is 56.7 Å². The Hall–Kier alpha value is -3.94. The van der Waals surface area contributed by atoms with Crippen molar-refractivity contribution in [1.82, 2.24) is 9.80 Å². The number of anilines is 1. The molecule has 2 aromatic carbocycles. The van der Waals surface area contributed by atoms with Gasteiger partial charge >= 0.3 is 0 Å². The number of aliphatic hydroxyl groups is 1. The Morgan fingerprint density at radius 1 is 0.452 bits per heavy atom. The van der Waals surface area contributed by atoms with Gasteiger partial charge in [0.15, 0.2) is 29.5 Å². The molecule has 14 nitrogen and oxygen atoms in total.